The van der Waals surface area contributed by atoms with Crippen molar-refractivity contribution in [2.45, 2.75) is 96.5 Å². The first-order valence-corrected chi connectivity index (χ1v) is 17.7. The Morgan fingerprint density at radius 2 is 1.79 bits per heavy atom. The molecule has 3 amide bonds. The summed E-state index contributed by atoms with van der Waals surface area (Å²) in [6, 6.07) is 5.61. The number of likely N-dealkylation sites (tertiary alicyclic amines) is 1. The molecule has 0 radical (unpaired) electrons. The van der Waals surface area contributed by atoms with Crippen molar-refractivity contribution in [3.8, 4) is 0 Å². The second-order valence-electron chi connectivity index (χ2n) is 11.7. The Morgan fingerprint density at radius 1 is 1.12 bits per heavy atom. The summed E-state index contributed by atoms with van der Waals surface area (Å²) in [4.78, 5) is 66.1. The summed E-state index contributed by atoms with van der Waals surface area (Å²) >= 11 is 0.650. The summed E-state index contributed by atoms with van der Waals surface area (Å²) in [7, 11) is 0. The Hall–Kier alpha value is -2.60. The quantitative estimate of drug-likeness (QED) is 0.192. The van der Waals surface area contributed by atoms with Crippen molar-refractivity contribution >= 4 is 55.5 Å². The summed E-state index contributed by atoms with van der Waals surface area (Å²) in [5, 5.41) is 15.3. The summed E-state index contributed by atoms with van der Waals surface area (Å²) in [6.45, 7) is 9.49. The van der Waals surface area contributed by atoms with E-state index in [0.29, 0.717) is 38.0 Å². The Kier molecular flexibility index (Phi) is 15.0. The first-order chi connectivity index (χ1) is 20.3. The molecule has 1 saturated heterocycles. The van der Waals surface area contributed by atoms with Gasteiger partial charge >= 0.3 is 266 Å². The zero-order valence-electron chi connectivity index (χ0n) is 25.9. The summed E-state index contributed by atoms with van der Waals surface area (Å²) < 4.78 is 8.31. The zero-order valence-corrected chi connectivity index (χ0v) is 28.4. The number of carbonyl (C=O) groups excluding carboxylic acids is 4. The molecule has 240 valence electrons. The van der Waals surface area contributed by atoms with Crippen LogP contribution < -0.4 is 15.0 Å². The second-order valence-corrected chi connectivity index (χ2v) is 14.4. The first kappa shape index (κ1) is 36.6. The van der Waals surface area contributed by atoms with Crippen LogP contribution in [0.15, 0.2) is 30.3 Å². The van der Waals surface area contributed by atoms with E-state index in [1.165, 1.54) is 16.7 Å². The van der Waals surface area contributed by atoms with Crippen molar-refractivity contribution in [3.63, 3.8) is 0 Å². The topological polar surface area (TPSA) is 154 Å². The van der Waals surface area contributed by atoms with E-state index in [0.717, 1.165) is 5.56 Å². The average molecular weight is 686 g/mol. The van der Waals surface area contributed by atoms with Gasteiger partial charge in [0, 0.05) is 0 Å². The molecule has 13 heteroatoms. The zero-order chi connectivity index (χ0) is 32.2. The number of rotatable bonds is 16. The monoisotopic (exact) mass is 686 g/mol. The van der Waals surface area contributed by atoms with Gasteiger partial charge < -0.3 is 0 Å². The van der Waals surface area contributed by atoms with Crippen molar-refractivity contribution < 1.29 is 33.8 Å². The molecule has 0 aliphatic carbocycles. The van der Waals surface area contributed by atoms with Gasteiger partial charge in [-0.3, -0.25) is 0 Å². The molecule has 5 atom stereocenters. The fourth-order valence-corrected chi connectivity index (χ4v) is 6.85. The number of aliphatic carboxylic acids is 1. The SMILES string of the molecule is CC[C@H](C)[C@H](NC(=O)[C@@H]1CCCN1C(=O)OC(C)(C)C)C(=O)[Se]N[C@@H](CCSC)C(=O)N[C@@H](Cc1ccccc1)C(=O)O. The number of amides is 3. The molecule has 1 aromatic carbocycles. The van der Waals surface area contributed by atoms with Crippen LogP contribution in [0.4, 0.5) is 4.79 Å². The number of carboxylic acid groups (broad SMARTS) is 1. The van der Waals surface area contributed by atoms with Gasteiger partial charge in [0.25, 0.3) is 0 Å². The standard InChI is InChI=1S/C30H46N4O7SSe/c1-7-19(2)24(32-26(36)23-14-11-16-34(23)29(40)41-30(3,4)5)28(39)43-33-21(15-17-42-6)25(35)31-22(27(37)38)18-20-12-9-8-10-13-20/h8-10,12-13,19,21-24,33H,7,11,14-18H2,1-6H3,(H,31,35)(H,32,36)(H,37,38)/t19-,21-,22-,23-,24-/m0/s1. The van der Waals surface area contributed by atoms with Gasteiger partial charge in [0.05, 0.1) is 0 Å². The van der Waals surface area contributed by atoms with Crippen LogP contribution in [-0.4, -0.2) is 102 Å². The van der Waals surface area contributed by atoms with Gasteiger partial charge in [0.2, 0.25) is 0 Å². The molecule has 4 N–H and O–H groups in total. The van der Waals surface area contributed by atoms with E-state index in [4.69, 9.17) is 4.74 Å². The molecule has 1 aromatic rings. The van der Waals surface area contributed by atoms with Crippen LogP contribution in [0.2, 0.25) is 0 Å². The molecule has 1 aliphatic heterocycles. The summed E-state index contributed by atoms with van der Waals surface area (Å²) in [6.07, 6.45) is 3.62. The van der Waals surface area contributed by atoms with E-state index in [1.807, 2.05) is 26.2 Å². The van der Waals surface area contributed by atoms with Crippen LogP contribution in [0.25, 0.3) is 0 Å². The average Bonchev–Trinajstić information content (AvgIpc) is 3.45. The van der Waals surface area contributed by atoms with Gasteiger partial charge in [-0.1, -0.05) is 0 Å². The number of hydrogen-bond donors (Lipinski definition) is 4. The molecule has 0 spiro atoms. The third-order valence-electron chi connectivity index (χ3n) is 7.07. The molecule has 11 nitrogen and oxygen atoms in total. The van der Waals surface area contributed by atoms with E-state index < -0.39 is 68.8 Å². The molecular formula is C30H46N4O7SSe. The Bertz CT molecular complexity index is 1100. The molecule has 0 aromatic heterocycles. The van der Waals surface area contributed by atoms with Crippen molar-refractivity contribution in [1.82, 2.24) is 19.9 Å². The fourth-order valence-electron chi connectivity index (χ4n) is 4.49. The minimum absolute atomic E-state index is 0.130. The van der Waals surface area contributed by atoms with Crippen LogP contribution in [0, 0.1) is 5.92 Å². The molecule has 0 saturated carbocycles. The molecule has 1 aliphatic rings. The van der Waals surface area contributed by atoms with E-state index >= 15 is 0 Å². The van der Waals surface area contributed by atoms with Crippen molar-refractivity contribution in [1.29, 1.82) is 0 Å². The van der Waals surface area contributed by atoms with Gasteiger partial charge in [-0.2, -0.15) is 0 Å². The maximum atomic E-state index is 13.5. The van der Waals surface area contributed by atoms with Gasteiger partial charge in [0.15, 0.2) is 0 Å². The number of ether oxygens (including phenoxy) is 1. The maximum absolute atomic E-state index is 13.5. The van der Waals surface area contributed by atoms with Crippen molar-refractivity contribution in [2.24, 2.45) is 5.92 Å². The van der Waals surface area contributed by atoms with Crippen LogP contribution in [0.5, 0.6) is 0 Å². The van der Waals surface area contributed by atoms with E-state index in [9.17, 15) is 29.1 Å². The van der Waals surface area contributed by atoms with E-state index in [-0.39, 0.29) is 17.0 Å². The number of nitrogens with one attached hydrogen (secondary N) is 3. The third kappa shape index (κ3) is 12.1. The number of carboxylic acids is 1. The summed E-state index contributed by atoms with van der Waals surface area (Å²) in [5.74, 6) is -1.60. The molecule has 0 unspecified atom stereocenters. The van der Waals surface area contributed by atoms with Gasteiger partial charge in [0.1, 0.15) is 0 Å². The van der Waals surface area contributed by atoms with Crippen LogP contribution in [-0.2, 0) is 30.3 Å². The van der Waals surface area contributed by atoms with Crippen LogP contribution in [0.1, 0.15) is 65.9 Å². The second kappa shape index (κ2) is 17.6. The minimum atomic E-state index is -1.14. The van der Waals surface area contributed by atoms with E-state index in [1.54, 1.807) is 45.0 Å². The van der Waals surface area contributed by atoms with Gasteiger partial charge in [-0.15, -0.1) is 0 Å². The molecule has 0 bridgehead atoms. The number of hydrogen-bond acceptors (Lipinski definition) is 8. The predicted octanol–water partition coefficient (Wildman–Crippen LogP) is 2.59. The normalized spacial score (nSPS) is 17.8. The molecular weight excluding hydrogens is 639 g/mol. The molecule has 43 heavy (non-hydrogen) atoms. The van der Waals surface area contributed by atoms with Gasteiger partial charge in [-0.05, 0) is 0 Å². The number of benzene rings is 1. The third-order valence-corrected chi connectivity index (χ3v) is 9.52. The predicted molar refractivity (Wildman–Crippen MR) is 168 cm³/mol. The fraction of sp³-hybridized carbons (Fsp3) is 0.633. The Morgan fingerprint density at radius 3 is 2.37 bits per heavy atom. The Labute approximate surface area is 265 Å². The first-order valence-electron chi connectivity index (χ1n) is 14.6. The van der Waals surface area contributed by atoms with Crippen molar-refractivity contribution in [3.05, 3.63) is 35.9 Å². The van der Waals surface area contributed by atoms with Gasteiger partial charge in [-0.25, -0.2) is 0 Å². The number of nitrogens with zero attached hydrogens (tertiary/aromatic N) is 1. The summed E-state index contributed by atoms with van der Waals surface area (Å²) in [5.41, 5.74) is 0.0813. The molecule has 1 fully saturated rings. The van der Waals surface area contributed by atoms with E-state index in [2.05, 4.69) is 15.0 Å². The number of carbonyl (C=O) groups is 5. The van der Waals surface area contributed by atoms with Crippen molar-refractivity contribution in [2.75, 3.05) is 18.6 Å². The molecule has 1 heterocycles. The number of thioether (sulfide) groups is 1. The Balaban J connectivity index is 2.09. The molecule has 2 rings (SSSR count). The van der Waals surface area contributed by atoms with Crippen LogP contribution in [0.3, 0.4) is 0 Å². The van der Waals surface area contributed by atoms with Crippen LogP contribution >= 0.6 is 11.8 Å².